The van der Waals surface area contributed by atoms with Crippen LogP contribution in [0.2, 0.25) is 0 Å². The van der Waals surface area contributed by atoms with Crippen molar-refractivity contribution >= 4 is 16.6 Å². The maximum Gasteiger partial charge on any atom is 0.318 e. The van der Waals surface area contributed by atoms with Crippen LogP contribution >= 0.6 is 0 Å². The van der Waals surface area contributed by atoms with E-state index in [4.69, 9.17) is 15.8 Å². The van der Waals surface area contributed by atoms with E-state index in [0.29, 0.717) is 6.54 Å². The highest BCUT2D eigenvalue weighted by molar-refractivity contribution is 5.93. The van der Waals surface area contributed by atoms with Crippen LogP contribution in [0, 0.1) is 0 Å². The lowest BCUT2D eigenvalue weighted by molar-refractivity contribution is -0.498. The third-order valence-electron chi connectivity index (χ3n) is 7.14. The highest BCUT2D eigenvalue weighted by atomic mass is 15.4. The summed E-state index contributed by atoms with van der Waals surface area (Å²) in [6.07, 6.45) is 5.87. The highest BCUT2D eigenvalue weighted by Gasteiger charge is 2.29. The summed E-state index contributed by atoms with van der Waals surface area (Å²) in [4.78, 5) is 4.83. The van der Waals surface area contributed by atoms with Crippen molar-refractivity contribution in [2.45, 2.75) is 6.54 Å². The Morgan fingerprint density at radius 2 is 1.51 bits per heavy atom. The van der Waals surface area contributed by atoms with E-state index in [1.54, 1.807) is 0 Å². The van der Waals surface area contributed by atoms with Gasteiger partial charge in [0.2, 0.25) is 0 Å². The summed E-state index contributed by atoms with van der Waals surface area (Å²) in [5, 5.41) is 10.8. The lowest BCUT2D eigenvalue weighted by atomic mass is 10.1. The van der Waals surface area contributed by atoms with E-state index in [1.165, 1.54) is 0 Å². The van der Waals surface area contributed by atoms with Crippen LogP contribution in [-0.2, 0) is 13.6 Å². The molecule has 7 rings (SSSR count). The van der Waals surface area contributed by atoms with Crippen molar-refractivity contribution in [1.29, 1.82) is 0 Å². The van der Waals surface area contributed by atoms with Gasteiger partial charge in [0.25, 0.3) is 5.65 Å². The first-order chi connectivity index (χ1) is 19.2. The number of aryl methyl sites for hydroxylation is 1. The summed E-state index contributed by atoms with van der Waals surface area (Å²) in [5.74, 6) is 0.798. The average Bonchev–Trinajstić information content (AvgIpc) is 3.58. The Balaban J connectivity index is 1.54. The molecule has 39 heavy (non-hydrogen) atoms. The summed E-state index contributed by atoms with van der Waals surface area (Å²) in [5.41, 5.74) is 14.9. The zero-order valence-corrected chi connectivity index (χ0v) is 21.4. The van der Waals surface area contributed by atoms with Gasteiger partial charge < -0.3 is 5.73 Å². The topological polar surface area (TPSA) is 78.6 Å². The number of rotatable bonds is 5. The van der Waals surface area contributed by atoms with Gasteiger partial charge in [-0.1, -0.05) is 77.5 Å². The summed E-state index contributed by atoms with van der Waals surface area (Å²) < 4.78 is 6.04. The molecule has 0 aliphatic carbocycles. The lowest BCUT2D eigenvalue weighted by Gasteiger charge is -2.05. The number of benzene rings is 3. The fourth-order valence-corrected chi connectivity index (χ4v) is 5.17. The van der Waals surface area contributed by atoms with Gasteiger partial charge in [0.05, 0.1) is 34.1 Å². The number of fused-ring (bicyclic) bond motifs is 3. The van der Waals surface area contributed by atoms with E-state index in [9.17, 15) is 0 Å². The Morgan fingerprint density at radius 3 is 2.23 bits per heavy atom. The van der Waals surface area contributed by atoms with E-state index < -0.39 is 0 Å². The Hall–Kier alpha value is -5.14. The summed E-state index contributed by atoms with van der Waals surface area (Å²) in [7, 11) is 1.96. The normalized spacial score (nSPS) is 11.4. The molecule has 188 valence electrons. The van der Waals surface area contributed by atoms with E-state index >= 15 is 0 Å². The molecule has 0 fully saturated rings. The van der Waals surface area contributed by atoms with Crippen LogP contribution < -0.4 is 10.1 Å². The highest BCUT2D eigenvalue weighted by Crippen LogP contribution is 2.32. The Morgan fingerprint density at radius 1 is 0.795 bits per heavy atom. The number of pyridine rings is 2. The molecule has 0 bridgehead atoms. The second-order valence-corrected chi connectivity index (χ2v) is 9.53. The second kappa shape index (κ2) is 9.31. The van der Waals surface area contributed by atoms with Crippen molar-refractivity contribution in [3.63, 3.8) is 0 Å². The average molecular weight is 509 g/mol. The van der Waals surface area contributed by atoms with Crippen molar-refractivity contribution in [1.82, 2.24) is 24.5 Å². The number of nitrogens with two attached hydrogens (primary N) is 1. The van der Waals surface area contributed by atoms with Crippen molar-refractivity contribution in [3.8, 4) is 39.5 Å². The molecule has 0 aliphatic heterocycles. The SMILES string of the molecule is Cn1ncc(-c2nn(-c3ccc(CN)cc3)c3c4cc(-c5ccccc5)cnc4cc[n+]23)c1-c1ccccc1. The summed E-state index contributed by atoms with van der Waals surface area (Å²) >= 11 is 0. The minimum Gasteiger partial charge on any atom is -0.326 e. The minimum atomic E-state index is 0.490. The number of aromatic nitrogens is 6. The van der Waals surface area contributed by atoms with Crippen LogP contribution in [0.5, 0.6) is 0 Å². The molecule has 7 nitrogen and oxygen atoms in total. The van der Waals surface area contributed by atoms with E-state index in [2.05, 4.69) is 52.0 Å². The van der Waals surface area contributed by atoms with Gasteiger partial charge in [-0.2, -0.15) is 9.50 Å². The summed E-state index contributed by atoms with van der Waals surface area (Å²) in [6.45, 7) is 0.490. The molecular formula is C32H26N7+. The van der Waals surface area contributed by atoms with Gasteiger partial charge in [-0.25, -0.2) is 0 Å². The standard InChI is InChI=1S/C32H26N7/c1-37-30(24-10-6-3-7-11-24)28(21-35-37)31-36-39(26-14-12-22(19-33)13-15-26)32-27-18-25(23-8-4-2-5-9-23)20-34-29(27)16-17-38(31)32/h2-18,20-21H,19,33H2,1H3/q+1. The second-order valence-electron chi connectivity index (χ2n) is 9.53. The smallest absolute Gasteiger partial charge is 0.318 e. The third kappa shape index (κ3) is 3.88. The quantitative estimate of drug-likeness (QED) is 0.318. The van der Waals surface area contributed by atoms with Gasteiger partial charge in [0, 0.05) is 30.9 Å². The monoisotopic (exact) mass is 508 g/mol. The molecule has 7 aromatic rings. The van der Waals surface area contributed by atoms with Crippen LogP contribution in [0.15, 0.2) is 116 Å². The molecule has 3 aromatic carbocycles. The summed E-state index contributed by atoms with van der Waals surface area (Å²) in [6, 6.07) is 33.1. The first-order valence-corrected chi connectivity index (χ1v) is 12.9. The van der Waals surface area contributed by atoms with E-state index in [0.717, 1.165) is 61.6 Å². The number of hydrogen-bond donors (Lipinski definition) is 1. The molecule has 0 unspecified atom stereocenters. The van der Waals surface area contributed by atoms with Crippen molar-refractivity contribution in [2.24, 2.45) is 12.8 Å². The van der Waals surface area contributed by atoms with Gasteiger partial charge >= 0.3 is 5.82 Å². The van der Waals surface area contributed by atoms with Crippen LogP contribution in [0.4, 0.5) is 0 Å². The molecule has 0 spiro atoms. The molecular weight excluding hydrogens is 482 g/mol. The maximum atomic E-state index is 5.89. The molecule has 0 aliphatic rings. The number of hydrogen-bond acceptors (Lipinski definition) is 4. The van der Waals surface area contributed by atoms with E-state index in [1.807, 2.05) is 89.6 Å². The van der Waals surface area contributed by atoms with Gasteiger partial charge in [-0.3, -0.25) is 9.67 Å². The molecule has 0 amide bonds. The molecule has 0 radical (unpaired) electrons. The fraction of sp³-hybridized carbons (Fsp3) is 0.0625. The van der Waals surface area contributed by atoms with Crippen LogP contribution in [0.25, 0.3) is 56.0 Å². The minimum absolute atomic E-state index is 0.490. The maximum absolute atomic E-state index is 5.89. The molecule has 4 heterocycles. The molecule has 2 N–H and O–H groups in total. The first-order valence-electron chi connectivity index (χ1n) is 12.9. The van der Waals surface area contributed by atoms with E-state index in [-0.39, 0.29) is 0 Å². The van der Waals surface area contributed by atoms with Gasteiger partial charge in [0.15, 0.2) is 0 Å². The zero-order valence-electron chi connectivity index (χ0n) is 21.4. The molecule has 7 heteroatoms. The Bertz CT molecular complexity index is 1940. The number of nitrogens with zero attached hydrogens (tertiary/aromatic N) is 6. The van der Waals surface area contributed by atoms with Crippen molar-refractivity contribution in [2.75, 3.05) is 0 Å². The van der Waals surface area contributed by atoms with Crippen LogP contribution in [-0.4, -0.2) is 24.5 Å². The van der Waals surface area contributed by atoms with Crippen molar-refractivity contribution < 1.29 is 4.40 Å². The van der Waals surface area contributed by atoms with Crippen molar-refractivity contribution in [3.05, 3.63) is 121 Å². The van der Waals surface area contributed by atoms with Crippen LogP contribution in [0.3, 0.4) is 0 Å². The largest absolute Gasteiger partial charge is 0.326 e. The Kier molecular flexibility index (Phi) is 5.49. The van der Waals surface area contributed by atoms with Gasteiger partial charge in [0.1, 0.15) is 11.3 Å². The molecule has 0 saturated heterocycles. The van der Waals surface area contributed by atoms with Crippen LogP contribution in [0.1, 0.15) is 5.56 Å². The van der Waals surface area contributed by atoms with Gasteiger partial charge in [-0.15, -0.1) is 0 Å². The van der Waals surface area contributed by atoms with Gasteiger partial charge in [-0.05, 0) is 35.4 Å². The third-order valence-corrected chi connectivity index (χ3v) is 7.14. The fourth-order valence-electron chi connectivity index (χ4n) is 5.17. The first kappa shape index (κ1) is 23.0. The molecule has 0 saturated carbocycles. The lowest BCUT2D eigenvalue weighted by Crippen LogP contribution is -2.22. The Labute approximate surface area is 225 Å². The molecule has 4 aromatic heterocycles. The molecule has 0 atom stereocenters. The zero-order chi connectivity index (χ0) is 26.3. The predicted octanol–water partition coefficient (Wildman–Crippen LogP) is 5.35. The predicted molar refractivity (Wildman–Crippen MR) is 153 cm³/mol.